The second kappa shape index (κ2) is 11.1. The van der Waals surface area contributed by atoms with Gasteiger partial charge in [-0.25, -0.2) is 9.79 Å². The number of aromatic nitrogens is 1. The van der Waals surface area contributed by atoms with Crippen LogP contribution in [0.2, 0.25) is 0 Å². The van der Waals surface area contributed by atoms with Gasteiger partial charge in [0.05, 0.1) is 23.2 Å². The molecule has 39 heavy (non-hydrogen) atoms. The van der Waals surface area contributed by atoms with Gasteiger partial charge in [0.2, 0.25) is 5.91 Å². The first-order valence-corrected chi connectivity index (χ1v) is 14.6. The topological polar surface area (TPSA) is 96.2 Å². The lowest BCUT2D eigenvalue weighted by atomic mass is 9.99. The predicted molar refractivity (Wildman–Crippen MR) is 161 cm³/mol. The van der Waals surface area contributed by atoms with E-state index in [9.17, 15) is 9.59 Å². The van der Waals surface area contributed by atoms with Gasteiger partial charge in [-0.1, -0.05) is 64.1 Å². The average Bonchev–Trinajstić information content (AvgIpc) is 3.24. The van der Waals surface area contributed by atoms with E-state index >= 15 is 0 Å². The number of carbonyl (C=O) groups excluding carboxylic acids is 2. The first-order chi connectivity index (χ1) is 18.6. The summed E-state index contributed by atoms with van der Waals surface area (Å²) in [6.45, 7) is 6.59. The number of ether oxygens (including phenoxy) is 1. The van der Waals surface area contributed by atoms with Gasteiger partial charge in [-0.3, -0.25) is 14.8 Å². The van der Waals surface area contributed by atoms with Crippen molar-refractivity contribution >= 4 is 67.0 Å². The zero-order valence-electron chi connectivity index (χ0n) is 22.1. The van der Waals surface area contributed by atoms with E-state index in [0.29, 0.717) is 31.6 Å². The molecule has 8 nitrogen and oxygen atoms in total. The number of anilines is 1. The summed E-state index contributed by atoms with van der Waals surface area (Å²) in [6.07, 6.45) is 2.52. The zero-order valence-corrected chi connectivity index (χ0v) is 24.5. The number of thioether (sulfide) groups is 1. The number of halogens is 1. The van der Waals surface area contributed by atoms with E-state index in [1.165, 1.54) is 11.8 Å². The van der Waals surface area contributed by atoms with Crippen molar-refractivity contribution in [3.05, 3.63) is 70.8 Å². The SMILES string of the molecule is CC(C)(C)OC(=O)N1CCC2(CC1)N=C(SCC(=O)Nc1cnc3ccccc3c1)C(c1ccccc1Br)=N2. The quantitative estimate of drug-likeness (QED) is 0.375. The number of likely N-dealkylation sites (tertiary alicyclic amines) is 1. The summed E-state index contributed by atoms with van der Waals surface area (Å²) in [7, 11) is 0. The molecule has 0 atom stereocenters. The van der Waals surface area contributed by atoms with Gasteiger partial charge in [0.25, 0.3) is 0 Å². The number of nitrogens with zero attached hydrogens (tertiary/aromatic N) is 4. The smallest absolute Gasteiger partial charge is 0.410 e. The number of hydrogen-bond acceptors (Lipinski definition) is 7. The second-order valence-electron chi connectivity index (χ2n) is 10.6. The molecule has 1 saturated heterocycles. The molecule has 1 N–H and O–H groups in total. The van der Waals surface area contributed by atoms with Gasteiger partial charge in [-0.15, -0.1) is 0 Å². The Kier molecular flexibility index (Phi) is 7.77. The van der Waals surface area contributed by atoms with Gasteiger partial charge < -0.3 is 15.0 Å². The highest BCUT2D eigenvalue weighted by Gasteiger charge is 2.41. The number of fused-ring (bicyclic) bond motifs is 1. The fourth-order valence-electron chi connectivity index (χ4n) is 4.52. The van der Waals surface area contributed by atoms with Gasteiger partial charge >= 0.3 is 6.09 Å². The van der Waals surface area contributed by atoms with Crippen molar-refractivity contribution in [2.24, 2.45) is 9.98 Å². The molecule has 0 unspecified atom stereocenters. The first kappa shape index (κ1) is 27.3. The van der Waals surface area contributed by atoms with E-state index < -0.39 is 11.3 Å². The molecule has 0 bridgehead atoms. The molecule has 2 aromatic carbocycles. The number of nitrogens with one attached hydrogen (secondary N) is 1. The van der Waals surface area contributed by atoms with Gasteiger partial charge in [0.1, 0.15) is 16.4 Å². The van der Waals surface area contributed by atoms with E-state index in [0.717, 1.165) is 31.7 Å². The van der Waals surface area contributed by atoms with Gasteiger partial charge in [-0.05, 0) is 39.0 Å². The largest absolute Gasteiger partial charge is 0.444 e. The molecule has 2 aliphatic heterocycles. The van der Waals surface area contributed by atoms with Crippen LogP contribution in [0.3, 0.4) is 0 Å². The lowest BCUT2D eigenvalue weighted by molar-refractivity contribution is -0.113. The standard InChI is InChI=1S/C29H30BrN5O3S/c1-28(2,3)38-27(37)35-14-12-29(13-15-35)33-25(21-9-5-6-10-22(21)30)26(34-29)39-18-24(36)32-20-16-19-8-4-7-11-23(19)31-17-20/h4-11,16-17H,12-15,18H2,1-3H3,(H,32,36). The van der Waals surface area contributed by atoms with Crippen LogP contribution in [0.4, 0.5) is 10.5 Å². The van der Waals surface area contributed by atoms with Crippen LogP contribution >= 0.6 is 27.7 Å². The number of hydrogen-bond donors (Lipinski definition) is 1. The molecule has 5 rings (SSSR count). The summed E-state index contributed by atoms with van der Waals surface area (Å²) in [5.41, 5.74) is 2.01. The second-order valence-corrected chi connectivity index (χ2v) is 12.4. The molecule has 10 heteroatoms. The summed E-state index contributed by atoms with van der Waals surface area (Å²) in [5.74, 6) is 0.0295. The molecule has 3 aromatic rings. The summed E-state index contributed by atoms with van der Waals surface area (Å²) < 4.78 is 6.46. The number of pyridine rings is 1. The van der Waals surface area contributed by atoms with E-state index in [-0.39, 0.29) is 17.8 Å². The summed E-state index contributed by atoms with van der Waals surface area (Å²) in [5, 5.41) is 4.63. The fourth-order valence-corrected chi connectivity index (χ4v) is 5.86. The van der Waals surface area contributed by atoms with Crippen LogP contribution in [-0.2, 0) is 9.53 Å². The number of piperidine rings is 1. The highest BCUT2D eigenvalue weighted by atomic mass is 79.9. The number of aliphatic imine (C=N–C) groups is 2. The molecule has 1 spiro atoms. The predicted octanol–water partition coefficient (Wildman–Crippen LogP) is 6.30. The minimum absolute atomic E-state index is 0.146. The Balaban J connectivity index is 1.30. The van der Waals surface area contributed by atoms with Crippen LogP contribution in [-0.4, -0.2) is 62.7 Å². The van der Waals surface area contributed by atoms with Crippen LogP contribution in [0.15, 0.2) is 75.3 Å². The van der Waals surface area contributed by atoms with Crippen LogP contribution in [0.5, 0.6) is 0 Å². The van der Waals surface area contributed by atoms with Gasteiger partial charge in [-0.2, -0.15) is 0 Å². The van der Waals surface area contributed by atoms with E-state index in [1.807, 2.05) is 75.4 Å². The third kappa shape index (κ3) is 6.50. The third-order valence-corrected chi connectivity index (χ3v) is 8.05. The Morgan fingerprint density at radius 3 is 2.54 bits per heavy atom. The van der Waals surface area contributed by atoms with Crippen molar-refractivity contribution in [2.45, 2.75) is 44.9 Å². The van der Waals surface area contributed by atoms with Crippen molar-refractivity contribution in [1.29, 1.82) is 0 Å². The number of para-hydroxylation sites is 1. The molecule has 202 valence electrons. The Labute approximate surface area is 240 Å². The Bertz CT molecular complexity index is 1480. The van der Waals surface area contributed by atoms with E-state index in [1.54, 1.807) is 11.1 Å². The highest BCUT2D eigenvalue weighted by Crippen LogP contribution is 2.37. The molecule has 0 radical (unpaired) electrons. The minimum Gasteiger partial charge on any atom is -0.444 e. The highest BCUT2D eigenvalue weighted by molar-refractivity contribution is 9.10. The monoisotopic (exact) mass is 607 g/mol. The first-order valence-electron chi connectivity index (χ1n) is 12.8. The number of amides is 2. The molecule has 2 amide bonds. The van der Waals surface area contributed by atoms with Crippen molar-refractivity contribution in [3.63, 3.8) is 0 Å². The number of rotatable bonds is 4. The number of carbonyl (C=O) groups is 2. The van der Waals surface area contributed by atoms with Crippen LogP contribution < -0.4 is 5.32 Å². The van der Waals surface area contributed by atoms with Crippen molar-refractivity contribution in [1.82, 2.24) is 9.88 Å². The maximum atomic E-state index is 12.9. The maximum absolute atomic E-state index is 12.9. The van der Waals surface area contributed by atoms with Crippen LogP contribution in [0, 0.1) is 0 Å². The van der Waals surface area contributed by atoms with Crippen molar-refractivity contribution in [2.75, 3.05) is 24.2 Å². The summed E-state index contributed by atoms with van der Waals surface area (Å²) >= 11 is 5.02. The van der Waals surface area contributed by atoms with E-state index in [2.05, 4.69) is 26.2 Å². The molecule has 3 heterocycles. The fraction of sp³-hybridized carbons (Fsp3) is 0.345. The molecule has 1 aromatic heterocycles. The summed E-state index contributed by atoms with van der Waals surface area (Å²) in [4.78, 5) is 41.8. The minimum atomic E-state index is -0.662. The Hall–Kier alpha value is -3.24. The third-order valence-electron chi connectivity index (χ3n) is 6.39. The molecular formula is C29H30BrN5O3S. The lowest BCUT2D eigenvalue weighted by Crippen LogP contribution is -2.46. The molecule has 0 aliphatic carbocycles. The normalized spacial score (nSPS) is 16.7. The van der Waals surface area contributed by atoms with Crippen LogP contribution in [0.25, 0.3) is 10.9 Å². The van der Waals surface area contributed by atoms with Crippen molar-refractivity contribution in [3.8, 4) is 0 Å². The van der Waals surface area contributed by atoms with Crippen LogP contribution in [0.1, 0.15) is 39.2 Å². The Morgan fingerprint density at radius 1 is 1.08 bits per heavy atom. The summed E-state index contributed by atoms with van der Waals surface area (Å²) in [6, 6.07) is 17.6. The lowest BCUT2D eigenvalue weighted by Gasteiger charge is -2.36. The average molecular weight is 609 g/mol. The molecule has 1 fully saturated rings. The van der Waals surface area contributed by atoms with E-state index in [4.69, 9.17) is 14.7 Å². The van der Waals surface area contributed by atoms with Crippen molar-refractivity contribution < 1.29 is 14.3 Å². The Morgan fingerprint density at radius 2 is 1.79 bits per heavy atom. The maximum Gasteiger partial charge on any atom is 0.410 e. The zero-order chi connectivity index (χ0) is 27.6. The molecule has 0 saturated carbocycles. The molecular weight excluding hydrogens is 578 g/mol. The van der Waals surface area contributed by atoms with Gasteiger partial charge in [0.15, 0.2) is 5.66 Å². The molecule has 2 aliphatic rings. The van der Waals surface area contributed by atoms with Gasteiger partial charge in [0, 0.05) is 41.4 Å². The number of benzene rings is 2.